The number of halogens is 1. The maximum Gasteiger partial charge on any atom is 0.258 e. The number of H-pyrrole nitrogens is 1. The summed E-state index contributed by atoms with van der Waals surface area (Å²) < 4.78 is 1.63. The maximum absolute atomic E-state index is 13.0. The quantitative estimate of drug-likeness (QED) is 0.494. The van der Waals surface area contributed by atoms with Gasteiger partial charge in [-0.15, -0.1) is 5.10 Å². The molecule has 0 radical (unpaired) electrons. The second kappa shape index (κ2) is 8.43. The lowest BCUT2D eigenvalue weighted by Gasteiger charge is -2.21. The van der Waals surface area contributed by atoms with Gasteiger partial charge in [-0.2, -0.15) is 4.98 Å². The van der Waals surface area contributed by atoms with E-state index in [2.05, 4.69) is 25.0 Å². The Balaban J connectivity index is 1.59. The van der Waals surface area contributed by atoms with Gasteiger partial charge in [-0.3, -0.25) is 9.59 Å². The van der Waals surface area contributed by atoms with Crippen molar-refractivity contribution >= 4 is 34.2 Å². The summed E-state index contributed by atoms with van der Waals surface area (Å²) in [5.74, 6) is 1.12. The molecule has 31 heavy (non-hydrogen) atoms. The minimum Gasteiger partial charge on any atom is -0.335 e. The lowest BCUT2D eigenvalue weighted by atomic mass is 10.2. The number of aromatic amines is 1. The van der Waals surface area contributed by atoms with Crippen molar-refractivity contribution in [2.45, 2.75) is 40.2 Å². The van der Waals surface area contributed by atoms with Crippen molar-refractivity contribution in [2.75, 3.05) is 6.54 Å². The van der Waals surface area contributed by atoms with Gasteiger partial charge < -0.3 is 9.88 Å². The van der Waals surface area contributed by atoms with Gasteiger partial charge in [-0.05, 0) is 44.5 Å². The van der Waals surface area contributed by atoms with Crippen LogP contribution in [0.1, 0.15) is 36.4 Å². The summed E-state index contributed by atoms with van der Waals surface area (Å²) in [6.07, 6.45) is 0.791. The predicted molar refractivity (Wildman–Crippen MR) is 117 cm³/mol. The average Bonchev–Trinajstić information content (AvgIpc) is 3.09. The molecule has 0 saturated heterocycles. The second-order valence-electron chi connectivity index (χ2n) is 7.44. The molecule has 3 heterocycles. The largest absolute Gasteiger partial charge is 0.335 e. The van der Waals surface area contributed by atoms with Gasteiger partial charge in [0.1, 0.15) is 5.82 Å². The Bertz CT molecular complexity index is 1350. The van der Waals surface area contributed by atoms with Gasteiger partial charge in [0, 0.05) is 23.0 Å². The highest BCUT2D eigenvalue weighted by Gasteiger charge is 2.19. The van der Waals surface area contributed by atoms with Gasteiger partial charge in [0.2, 0.25) is 5.91 Å². The molecule has 0 aliphatic rings. The molecular weight excluding hydrogens is 418 g/mol. The molecule has 1 N–H and O–H groups in total. The molecule has 1 aromatic carbocycles. The van der Waals surface area contributed by atoms with Crippen LogP contribution in [-0.2, 0) is 17.8 Å². The van der Waals surface area contributed by atoms with Crippen LogP contribution in [0.25, 0.3) is 16.7 Å². The van der Waals surface area contributed by atoms with E-state index in [4.69, 9.17) is 11.6 Å². The summed E-state index contributed by atoms with van der Waals surface area (Å²) in [6.45, 7) is 6.48. The van der Waals surface area contributed by atoms with E-state index in [0.29, 0.717) is 39.9 Å². The molecule has 1 amide bonds. The fourth-order valence-electron chi connectivity index (χ4n) is 3.51. The van der Waals surface area contributed by atoms with E-state index >= 15 is 0 Å². The van der Waals surface area contributed by atoms with E-state index in [1.54, 1.807) is 27.6 Å². The van der Waals surface area contributed by atoms with Crippen molar-refractivity contribution in [2.24, 2.45) is 0 Å². The third-order valence-electron chi connectivity index (χ3n) is 4.88. The third kappa shape index (κ3) is 4.41. The molecular formula is C21H22ClN7O2. The normalized spacial score (nSPS) is 11.4. The van der Waals surface area contributed by atoms with E-state index in [1.165, 1.54) is 0 Å². The molecule has 3 aromatic heterocycles. The number of aryl methyl sites for hydroxylation is 2. The Kier molecular flexibility index (Phi) is 5.69. The van der Waals surface area contributed by atoms with E-state index in [0.717, 1.165) is 17.8 Å². The number of hydrogen-bond donors (Lipinski definition) is 1. The molecule has 0 fully saturated rings. The van der Waals surface area contributed by atoms with E-state index in [-0.39, 0.29) is 24.4 Å². The number of aromatic nitrogens is 6. The Hall–Kier alpha value is -3.33. The predicted octanol–water partition coefficient (Wildman–Crippen LogP) is 2.61. The van der Waals surface area contributed by atoms with Crippen LogP contribution in [0.5, 0.6) is 0 Å². The SMILES string of the molecule is CCCN(Cc1nc2cc(Cl)ccc2c(=O)[nH]1)C(=O)Cc1nc2nc(C)cc(C)n2n1. The van der Waals surface area contributed by atoms with Crippen LogP contribution < -0.4 is 5.56 Å². The molecule has 9 nitrogen and oxygen atoms in total. The first-order valence-electron chi connectivity index (χ1n) is 10.00. The van der Waals surface area contributed by atoms with Gasteiger partial charge in [0.15, 0.2) is 5.82 Å². The van der Waals surface area contributed by atoms with Gasteiger partial charge in [-0.25, -0.2) is 14.5 Å². The Morgan fingerprint density at radius 3 is 2.77 bits per heavy atom. The average molecular weight is 440 g/mol. The number of nitrogens with one attached hydrogen (secondary N) is 1. The highest BCUT2D eigenvalue weighted by molar-refractivity contribution is 6.31. The number of benzene rings is 1. The fourth-order valence-corrected chi connectivity index (χ4v) is 3.67. The van der Waals surface area contributed by atoms with Gasteiger partial charge in [0.05, 0.1) is 23.9 Å². The van der Waals surface area contributed by atoms with Crippen molar-refractivity contribution in [3.05, 3.63) is 62.7 Å². The molecule has 0 bridgehead atoms. The minimum atomic E-state index is -0.264. The highest BCUT2D eigenvalue weighted by Crippen LogP contribution is 2.15. The number of amides is 1. The molecule has 0 saturated carbocycles. The van der Waals surface area contributed by atoms with E-state index in [1.807, 2.05) is 26.8 Å². The van der Waals surface area contributed by atoms with Gasteiger partial charge in [0.25, 0.3) is 11.3 Å². The van der Waals surface area contributed by atoms with Gasteiger partial charge >= 0.3 is 0 Å². The first-order chi connectivity index (χ1) is 14.8. The summed E-state index contributed by atoms with van der Waals surface area (Å²) in [6, 6.07) is 6.83. The Labute approximate surface area is 183 Å². The molecule has 160 valence electrons. The third-order valence-corrected chi connectivity index (χ3v) is 5.11. The second-order valence-corrected chi connectivity index (χ2v) is 7.88. The van der Waals surface area contributed by atoms with Crippen LogP contribution in [0.3, 0.4) is 0 Å². The number of hydrogen-bond acceptors (Lipinski definition) is 6. The van der Waals surface area contributed by atoms with Crippen molar-refractivity contribution in [3.8, 4) is 0 Å². The molecule has 4 rings (SSSR count). The van der Waals surface area contributed by atoms with E-state index < -0.39 is 0 Å². The zero-order valence-corrected chi connectivity index (χ0v) is 18.3. The summed E-state index contributed by atoms with van der Waals surface area (Å²) in [4.78, 5) is 43.1. The van der Waals surface area contributed by atoms with Crippen LogP contribution in [0.15, 0.2) is 29.1 Å². The molecule has 10 heteroatoms. The molecule has 4 aromatic rings. The number of carbonyl (C=O) groups excluding carboxylic acids is 1. The lowest BCUT2D eigenvalue weighted by Crippen LogP contribution is -2.34. The van der Waals surface area contributed by atoms with Crippen molar-refractivity contribution in [3.63, 3.8) is 0 Å². The topological polar surface area (TPSA) is 109 Å². The standard InChI is InChI=1S/C21H22ClN7O2/c1-4-7-28(11-18-24-16-9-14(22)5-6-15(16)20(31)25-18)19(30)10-17-26-21-23-12(2)8-13(3)29(21)27-17/h5-6,8-9H,4,7,10-11H2,1-3H3,(H,24,25,31). The molecule has 0 atom stereocenters. The van der Waals surface area contributed by atoms with Crippen LogP contribution in [-0.4, -0.2) is 46.9 Å². The molecule has 0 aliphatic heterocycles. The smallest absolute Gasteiger partial charge is 0.258 e. The first-order valence-corrected chi connectivity index (χ1v) is 10.4. The van der Waals surface area contributed by atoms with Crippen LogP contribution in [0, 0.1) is 13.8 Å². The molecule has 0 unspecified atom stereocenters. The number of rotatable bonds is 6. The summed E-state index contributed by atoms with van der Waals surface area (Å²) in [5.41, 5.74) is 1.97. The summed E-state index contributed by atoms with van der Waals surface area (Å²) >= 11 is 6.04. The van der Waals surface area contributed by atoms with Crippen molar-refractivity contribution in [1.29, 1.82) is 0 Å². The summed E-state index contributed by atoms with van der Waals surface area (Å²) in [7, 11) is 0. The molecule has 0 aliphatic carbocycles. The van der Waals surface area contributed by atoms with Crippen LogP contribution >= 0.6 is 11.6 Å². The zero-order valence-electron chi connectivity index (χ0n) is 17.5. The first kappa shape index (κ1) is 20.9. The van der Waals surface area contributed by atoms with Crippen LogP contribution in [0.2, 0.25) is 5.02 Å². The van der Waals surface area contributed by atoms with Crippen molar-refractivity contribution < 1.29 is 4.79 Å². The zero-order chi connectivity index (χ0) is 22.1. The fraction of sp³-hybridized carbons (Fsp3) is 0.333. The minimum absolute atomic E-state index is 0.0332. The maximum atomic E-state index is 13.0. The number of carbonyl (C=O) groups is 1. The van der Waals surface area contributed by atoms with Crippen molar-refractivity contribution in [1.82, 2.24) is 34.4 Å². The molecule has 0 spiro atoms. The monoisotopic (exact) mass is 439 g/mol. The Morgan fingerprint density at radius 2 is 2.00 bits per heavy atom. The van der Waals surface area contributed by atoms with E-state index in [9.17, 15) is 9.59 Å². The number of fused-ring (bicyclic) bond motifs is 2. The lowest BCUT2D eigenvalue weighted by molar-refractivity contribution is -0.131. The number of nitrogens with zero attached hydrogens (tertiary/aromatic N) is 6. The highest BCUT2D eigenvalue weighted by atomic mass is 35.5. The van der Waals surface area contributed by atoms with Crippen LogP contribution in [0.4, 0.5) is 0 Å². The van der Waals surface area contributed by atoms with Gasteiger partial charge in [-0.1, -0.05) is 18.5 Å². The summed E-state index contributed by atoms with van der Waals surface area (Å²) in [5, 5.41) is 5.36. The Morgan fingerprint density at radius 1 is 1.19 bits per heavy atom.